The smallest absolute Gasteiger partial charge is 0.174 e. The van der Waals surface area contributed by atoms with Crippen molar-refractivity contribution < 1.29 is 14.0 Å². The van der Waals surface area contributed by atoms with Gasteiger partial charge in [-0.25, -0.2) is 4.39 Å². The van der Waals surface area contributed by atoms with Crippen molar-refractivity contribution in [1.29, 1.82) is 0 Å². The molecule has 29 heavy (non-hydrogen) atoms. The van der Waals surface area contributed by atoms with Crippen LogP contribution in [0.15, 0.2) is 94.8 Å². The van der Waals surface area contributed by atoms with Crippen LogP contribution in [0.2, 0.25) is 0 Å². The Morgan fingerprint density at radius 1 is 1.14 bits per heavy atom. The molecule has 2 rings (SSSR count). The number of rotatable bonds is 8. The van der Waals surface area contributed by atoms with Crippen LogP contribution in [0.3, 0.4) is 0 Å². The summed E-state index contributed by atoms with van der Waals surface area (Å²) in [6, 6.07) is 5.32. The van der Waals surface area contributed by atoms with Gasteiger partial charge in [0.05, 0.1) is 5.92 Å². The molecule has 1 aliphatic heterocycles. The van der Waals surface area contributed by atoms with E-state index in [2.05, 4.69) is 13.2 Å². The predicted molar refractivity (Wildman–Crippen MR) is 120 cm³/mol. The Kier molecular flexibility index (Phi) is 7.91. The second-order valence-corrected chi connectivity index (χ2v) is 7.93. The lowest BCUT2D eigenvalue weighted by molar-refractivity contribution is -0.120. The van der Waals surface area contributed by atoms with Gasteiger partial charge in [0.15, 0.2) is 5.78 Å². The number of Topliss-reactive ketones (excluding diaryl/α,β-unsaturated/α-hetero) is 2. The van der Waals surface area contributed by atoms with Crippen LogP contribution >= 0.6 is 11.8 Å². The zero-order valence-electron chi connectivity index (χ0n) is 16.9. The van der Waals surface area contributed by atoms with E-state index in [1.807, 2.05) is 32.1 Å². The normalized spacial score (nSPS) is 18.4. The molecule has 0 fully saturated rings. The molecule has 2 unspecified atom stereocenters. The Bertz CT molecular complexity index is 946. The minimum atomic E-state index is -0.929. The maximum Gasteiger partial charge on any atom is 0.174 e. The van der Waals surface area contributed by atoms with Crippen LogP contribution in [-0.2, 0) is 4.79 Å². The van der Waals surface area contributed by atoms with E-state index < -0.39 is 17.7 Å². The summed E-state index contributed by atoms with van der Waals surface area (Å²) < 4.78 is 13.3. The van der Waals surface area contributed by atoms with Crippen LogP contribution in [-0.4, -0.2) is 11.6 Å². The Balaban J connectivity index is 2.72. The van der Waals surface area contributed by atoms with E-state index in [4.69, 9.17) is 0 Å². The number of benzene rings is 1. The fourth-order valence-corrected chi connectivity index (χ4v) is 4.50. The molecule has 0 saturated carbocycles. The molecule has 150 valence electrons. The van der Waals surface area contributed by atoms with Crippen molar-refractivity contribution >= 4 is 23.3 Å². The standard InChI is InChI=1S/C25H25FO2S/c1-6-9-11-20-17(5)29-22(8-3)21(10-7-2)24(20)23(16(4)27)25(28)18-12-14-19(26)15-13-18/h6-15,23-24H,1,3H2,2,4-5H3/b10-7-,11-9-. The highest BCUT2D eigenvalue weighted by Crippen LogP contribution is 2.47. The summed E-state index contributed by atoms with van der Waals surface area (Å²) in [5.74, 6) is -2.38. The highest BCUT2D eigenvalue weighted by molar-refractivity contribution is 8.07. The molecule has 4 heteroatoms. The first-order chi connectivity index (χ1) is 13.8. The molecule has 0 N–H and O–H groups in total. The van der Waals surface area contributed by atoms with E-state index >= 15 is 0 Å². The Hall–Kier alpha value is -2.72. The number of thioether (sulfide) groups is 1. The number of allylic oxidation sites excluding steroid dienone is 9. The second-order valence-electron chi connectivity index (χ2n) is 6.67. The van der Waals surface area contributed by atoms with Crippen molar-refractivity contribution in [3.8, 4) is 0 Å². The minimum Gasteiger partial charge on any atom is -0.299 e. The average molecular weight is 409 g/mol. The third-order valence-electron chi connectivity index (χ3n) is 4.75. The third-order valence-corrected chi connectivity index (χ3v) is 5.91. The zero-order chi connectivity index (χ0) is 21.6. The third kappa shape index (κ3) is 5.01. The molecule has 1 aromatic rings. The highest BCUT2D eigenvalue weighted by Gasteiger charge is 2.39. The van der Waals surface area contributed by atoms with Crippen LogP contribution in [0.1, 0.15) is 31.1 Å². The predicted octanol–water partition coefficient (Wildman–Crippen LogP) is 6.61. The van der Waals surface area contributed by atoms with Gasteiger partial charge >= 0.3 is 0 Å². The summed E-state index contributed by atoms with van der Waals surface area (Å²) in [7, 11) is 0. The van der Waals surface area contributed by atoms with Gasteiger partial charge in [0.25, 0.3) is 0 Å². The largest absolute Gasteiger partial charge is 0.299 e. The molecular formula is C25H25FO2S. The van der Waals surface area contributed by atoms with E-state index in [-0.39, 0.29) is 11.6 Å². The molecule has 1 aliphatic rings. The molecular weight excluding hydrogens is 383 g/mol. The molecule has 0 amide bonds. The van der Waals surface area contributed by atoms with Crippen molar-refractivity contribution in [2.75, 3.05) is 0 Å². The van der Waals surface area contributed by atoms with E-state index in [9.17, 15) is 14.0 Å². The van der Waals surface area contributed by atoms with E-state index in [0.717, 1.165) is 21.0 Å². The molecule has 0 aromatic heterocycles. The maximum atomic E-state index is 13.4. The van der Waals surface area contributed by atoms with Gasteiger partial charge in [-0.3, -0.25) is 9.59 Å². The van der Waals surface area contributed by atoms with Gasteiger partial charge in [-0.1, -0.05) is 61.4 Å². The SMILES string of the molecule is C=C/C=C\C1=C(C)SC(C=C)=C(/C=C\C)C1C(C(C)=O)C(=O)c1ccc(F)cc1. The number of hydrogen-bond acceptors (Lipinski definition) is 3. The highest BCUT2D eigenvalue weighted by atomic mass is 32.2. The van der Waals surface area contributed by atoms with Gasteiger partial charge < -0.3 is 0 Å². The van der Waals surface area contributed by atoms with Crippen molar-refractivity contribution in [1.82, 2.24) is 0 Å². The first-order valence-corrected chi connectivity index (χ1v) is 10.1. The summed E-state index contributed by atoms with van der Waals surface area (Å²) >= 11 is 1.57. The number of carbonyl (C=O) groups is 2. The maximum absolute atomic E-state index is 13.4. The van der Waals surface area contributed by atoms with Crippen LogP contribution in [0, 0.1) is 17.7 Å². The lowest BCUT2D eigenvalue weighted by atomic mass is 9.73. The molecule has 0 bridgehead atoms. The van der Waals surface area contributed by atoms with Crippen LogP contribution in [0.25, 0.3) is 0 Å². The van der Waals surface area contributed by atoms with Crippen molar-refractivity contribution in [2.45, 2.75) is 20.8 Å². The molecule has 2 atom stereocenters. The topological polar surface area (TPSA) is 34.1 Å². The van der Waals surface area contributed by atoms with Crippen LogP contribution in [0.5, 0.6) is 0 Å². The van der Waals surface area contributed by atoms with Gasteiger partial charge in [0, 0.05) is 16.4 Å². The van der Waals surface area contributed by atoms with Crippen molar-refractivity contribution in [3.05, 3.63) is 106 Å². The Morgan fingerprint density at radius 2 is 1.79 bits per heavy atom. The van der Waals surface area contributed by atoms with Gasteiger partial charge in [-0.05, 0) is 61.1 Å². The fraction of sp³-hybridized carbons (Fsp3) is 0.200. The first kappa shape index (κ1) is 22.6. The first-order valence-electron chi connectivity index (χ1n) is 9.32. The second kappa shape index (κ2) is 10.2. The molecule has 0 spiro atoms. The summed E-state index contributed by atoms with van der Waals surface area (Å²) in [6.07, 6.45) is 10.9. The number of carbonyl (C=O) groups excluding carboxylic acids is 2. The number of halogens is 1. The Morgan fingerprint density at radius 3 is 2.31 bits per heavy atom. The number of hydrogen-bond donors (Lipinski definition) is 0. The summed E-state index contributed by atoms with van der Waals surface area (Å²) in [6.45, 7) is 12.9. The number of ketones is 2. The summed E-state index contributed by atoms with van der Waals surface area (Å²) in [5, 5.41) is 0. The molecule has 0 aliphatic carbocycles. The quantitative estimate of drug-likeness (QED) is 0.276. The monoisotopic (exact) mass is 408 g/mol. The zero-order valence-corrected chi connectivity index (χ0v) is 17.8. The summed E-state index contributed by atoms with van der Waals surface area (Å²) in [4.78, 5) is 28.0. The molecule has 1 heterocycles. The van der Waals surface area contributed by atoms with Gasteiger partial charge in [-0.2, -0.15) is 0 Å². The minimum absolute atomic E-state index is 0.237. The average Bonchev–Trinajstić information content (AvgIpc) is 2.69. The van der Waals surface area contributed by atoms with Gasteiger partial charge in [0.1, 0.15) is 11.6 Å². The van der Waals surface area contributed by atoms with Crippen LogP contribution in [0.4, 0.5) is 4.39 Å². The lowest BCUT2D eigenvalue weighted by Crippen LogP contribution is -2.33. The lowest BCUT2D eigenvalue weighted by Gasteiger charge is -2.33. The van der Waals surface area contributed by atoms with Crippen molar-refractivity contribution in [2.24, 2.45) is 11.8 Å². The van der Waals surface area contributed by atoms with E-state index in [1.165, 1.54) is 31.2 Å². The molecule has 0 saturated heterocycles. The van der Waals surface area contributed by atoms with Gasteiger partial charge in [0.2, 0.25) is 0 Å². The summed E-state index contributed by atoms with van der Waals surface area (Å²) in [5.41, 5.74) is 2.08. The van der Waals surface area contributed by atoms with E-state index in [0.29, 0.717) is 5.56 Å². The Labute approximate surface area is 176 Å². The molecule has 0 radical (unpaired) electrons. The fourth-order valence-electron chi connectivity index (χ4n) is 3.46. The molecule has 2 nitrogen and oxygen atoms in total. The van der Waals surface area contributed by atoms with Gasteiger partial charge in [-0.15, -0.1) is 0 Å². The molecule has 1 aromatic carbocycles. The van der Waals surface area contributed by atoms with Crippen LogP contribution < -0.4 is 0 Å². The van der Waals surface area contributed by atoms with Crippen molar-refractivity contribution in [3.63, 3.8) is 0 Å². The van der Waals surface area contributed by atoms with E-state index in [1.54, 1.807) is 30.0 Å².